The van der Waals surface area contributed by atoms with Crippen molar-refractivity contribution in [2.45, 2.75) is 57.5 Å². The van der Waals surface area contributed by atoms with E-state index < -0.39 is 6.61 Å². The number of carbonyl (C=O) groups is 2. The Labute approximate surface area is 212 Å². The average molecular weight is 501 g/mol. The van der Waals surface area contributed by atoms with Crippen LogP contribution in [0.2, 0.25) is 0 Å². The first-order valence-corrected chi connectivity index (χ1v) is 12.4. The Balaban J connectivity index is 1.41. The van der Waals surface area contributed by atoms with Crippen LogP contribution in [0.5, 0.6) is 0 Å². The number of nitrogens with zero attached hydrogens (tertiary/aromatic N) is 7. The Morgan fingerprint density at radius 2 is 1.86 bits per heavy atom. The van der Waals surface area contributed by atoms with E-state index in [1.165, 1.54) is 11.4 Å². The van der Waals surface area contributed by atoms with Gasteiger partial charge in [-0.15, -0.1) is 0 Å². The van der Waals surface area contributed by atoms with Gasteiger partial charge in [-0.3, -0.25) is 9.59 Å². The van der Waals surface area contributed by atoms with Gasteiger partial charge in [0.25, 0.3) is 0 Å². The molecule has 2 fully saturated rings. The van der Waals surface area contributed by atoms with Crippen LogP contribution in [-0.4, -0.2) is 69.7 Å². The van der Waals surface area contributed by atoms with Crippen LogP contribution in [0.15, 0.2) is 36.9 Å². The van der Waals surface area contributed by atoms with Crippen LogP contribution in [0.25, 0.3) is 22.6 Å². The van der Waals surface area contributed by atoms with Gasteiger partial charge in [0, 0.05) is 41.5 Å². The van der Waals surface area contributed by atoms with Gasteiger partial charge in [0.15, 0.2) is 17.2 Å². The van der Waals surface area contributed by atoms with Crippen LogP contribution in [0.3, 0.4) is 0 Å². The summed E-state index contributed by atoms with van der Waals surface area (Å²) in [5.74, 6) is 0.523. The summed E-state index contributed by atoms with van der Waals surface area (Å²) in [6.07, 6.45) is 10.2. The molecule has 11 nitrogen and oxygen atoms in total. The summed E-state index contributed by atoms with van der Waals surface area (Å²) in [6.45, 7) is 2.98. The van der Waals surface area contributed by atoms with E-state index in [-0.39, 0.29) is 35.5 Å². The van der Waals surface area contributed by atoms with Crippen molar-refractivity contribution in [3.05, 3.63) is 53.7 Å². The van der Waals surface area contributed by atoms with Gasteiger partial charge in [-0.1, -0.05) is 0 Å². The van der Waals surface area contributed by atoms with E-state index in [4.69, 9.17) is 10.7 Å². The number of aliphatic hydroxyl groups is 1. The lowest BCUT2D eigenvalue weighted by Gasteiger charge is -2.39. The van der Waals surface area contributed by atoms with Gasteiger partial charge in [0.05, 0.1) is 23.7 Å². The normalized spacial score (nSPS) is 21.1. The van der Waals surface area contributed by atoms with E-state index in [1.807, 2.05) is 30.2 Å². The minimum absolute atomic E-state index is 0.0227. The quantitative estimate of drug-likeness (QED) is 0.397. The second-order valence-corrected chi connectivity index (χ2v) is 9.99. The highest BCUT2D eigenvalue weighted by atomic mass is 16.3. The fraction of sp³-hybridized carbons (Fsp3) is 0.385. The molecule has 37 heavy (non-hydrogen) atoms. The summed E-state index contributed by atoms with van der Waals surface area (Å²) in [7, 11) is 0. The van der Waals surface area contributed by atoms with E-state index in [0.29, 0.717) is 35.6 Å². The van der Waals surface area contributed by atoms with E-state index >= 15 is 0 Å². The molecular weight excluding hydrogens is 472 g/mol. The molecule has 3 atom stereocenters. The lowest BCUT2D eigenvalue weighted by Crippen LogP contribution is -2.47. The number of anilines is 1. The molecule has 2 aliphatic heterocycles. The zero-order valence-electron chi connectivity index (χ0n) is 20.7. The second kappa shape index (κ2) is 8.77. The number of amides is 1. The monoisotopic (exact) mass is 500 g/mol. The predicted octanol–water partition coefficient (Wildman–Crippen LogP) is 2.30. The number of rotatable bonds is 5. The lowest BCUT2D eigenvalue weighted by molar-refractivity contribution is -0.138. The van der Waals surface area contributed by atoms with E-state index in [9.17, 15) is 14.7 Å². The number of hydrogen-bond donors (Lipinski definition) is 2. The summed E-state index contributed by atoms with van der Waals surface area (Å²) in [5.41, 5.74) is 10.7. The Kier molecular flexibility index (Phi) is 5.52. The highest BCUT2D eigenvalue weighted by Crippen LogP contribution is 2.44. The molecule has 4 aromatic heterocycles. The van der Waals surface area contributed by atoms with Crippen molar-refractivity contribution < 1.29 is 14.7 Å². The van der Waals surface area contributed by atoms with Gasteiger partial charge in [-0.2, -0.15) is 14.7 Å². The van der Waals surface area contributed by atoms with Crippen LogP contribution in [0.4, 0.5) is 5.82 Å². The molecule has 4 aromatic rings. The molecule has 2 aliphatic rings. The van der Waals surface area contributed by atoms with Crippen molar-refractivity contribution in [1.29, 1.82) is 0 Å². The van der Waals surface area contributed by atoms with Crippen LogP contribution in [-0.2, 0) is 4.79 Å². The maximum absolute atomic E-state index is 12.7. The van der Waals surface area contributed by atoms with Crippen molar-refractivity contribution >= 4 is 23.2 Å². The number of piperidine rings is 1. The summed E-state index contributed by atoms with van der Waals surface area (Å²) in [6, 6.07) is 3.86. The molecule has 2 bridgehead atoms. The highest BCUT2D eigenvalue weighted by Gasteiger charge is 2.44. The van der Waals surface area contributed by atoms with Crippen LogP contribution in [0, 0.1) is 6.92 Å². The number of nitrogen functional groups attached to an aromatic ring is 1. The fourth-order valence-electron chi connectivity index (χ4n) is 6.00. The van der Waals surface area contributed by atoms with Crippen LogP contribution >= 0.6 is 0 Å². The molecule has 0 saturated carbocycles. The van der Waals surface area contributed by atoms with E-state index in [2.05, 4.69) is 15.2 Å². The molecule has 1 amide bonds. The molecular formula is C26H28N8O3. The number of aromatic nitrogens is 6. The number of nitrogens with two attached hydrogens (primary N) is 1. The number of Topliss-reactive ketones (excluding diaryl/α,β-unsaturated/α-hetero) is 1. The first kappa shape index (κ1) is 23.3. The summed E-state index contributed by atoms with van der Waals surface area (Å²) < 4.78 is 3.23. The number of aryl methyl sites for hydroxylation is 1. The number of hydrogen-bond acceptors (Lipinski definition) is 8. The molecule has 2 saturated heterocycles. The average Bonchev–Trinajstić information content (AvgIpc) is 3.59. The van der Waals surface area contributed by atoms with Crippen LogP contribution < -0.4 is 5.73 Å². The minimum atomic E-state index is -0.487. The standard InChI is InChI=1S/C26H28N8O3/c1-14-9-29-32(12-14)21-6-3-16(10-28-21)20-11-30-34-25(27)23(15(2)36)24(31-26(20)34)17-7-18-4-5-19(8-17)33(18)22(37)13-35/h3,6,9-12,17-19,35H,4-5,7-8,13,27H2,1-2H3/t17?,18-,19+. The molecule has 0 aliphatic carbocycles. The summed E-state index contributed by atoms with van der Waals surface area (Å²) in [5, 5.41) is 18.2. The van der Waals surface area contributed by atoms with Gasteiger partial charge in [-0.25, -0.2) is 14.6 Å². The third-order valence-electron chi connectivity index (χ3n) is 7.61. The molecule has 3 N–H and O–H groups in total. The SMILES string of the molecule is CC(=O)c1c(C2C[C@H]3CC[C@@H](C2)N3C(=O)CO)nc2c(-c3ccc(-n4cc(C)cn4)nc3)cnn2c1N. The first-order valence-electron chi connectivity index (χ1n) is 12.4. The van der Waals surface area contributed by atoms with Gasteiger partial charge < -0.3 is 15.7 Å². The molecule has 0 spiro atoms. The predicted molar refractivity (Wildman–Crippen MR) is 135 cm³/mol. The number of pyridine rings is 1. The van der Waals surface area contributed by atoms with Gasteiger partial charge in [0.1, 0.15) is 12.4 Å². The third kappa shape index (κ3) is 3.77. The first-order chi connectivity index (χ1) is 17.9. The molecule has 11 heteroatoms. The molecule has 6 rings (SSSR count). The summed E-state index contributed by atoms with van der Waals surface area (Å²) in [4.78, 5) is 36.4. The Hall–Kier alpha value is -4.12. The van der Waals surface area contributed by atoms with E-state index in [1.54, 1.807) is 23.3 Å². The number of aliphatic hydroxyl groups excluding tert-OH is 1. The van der Waals surface area contributed by atoms with Crippen molar-refractivity contribution in [3.63, 3.8) is 0 Å². The Morgan fingerprint density at radius 3 is 2.46 bits per heavy atom. The number of fused-ring (bicyclic) bond motifs is 3. The van der Waals surface area contributed by atoms with Crippen molar-refractivity contribution in [1.82, 2.24) is 34.3 Å². The van der Waals surface area contributed by atoms with Crippen molar-refractivity contribution in [2.24, 2.45) is 0 Å². The zero-order chi connectivity index (χ0) is 25.8. The Bertz CT molecular complexity index is 1510. The molecule has 6 heterocycles. The highest BCUT2D eigenvalue weighted by molar-refractivity contribution is 6.00. The molecule has 0 aromatic carbocycles. The lowest BCUT2D eigenvalue weighted by atomic mass is 9.85. The topological polar surface area (TPSA) is 145 Å². The second-order valence-electron chi connectivity index (χ2n) is 9.99. The molecule has 0 radical (unpaired) electrons. The fourth-order valence-corrected chi connectivity index (χ4v) is 6.00. The smallest absolute Gasteiger partial charge is 0.248 e. The molecule has 190 valence electrons. The minimum Gasteiger partial charge on any atom is -0.387 e. The van der Waals surface area contributed by atoms with E-state index in [0.717, 1.165) is 29.5 Å². The zero-order valence-corrected chi connectivity index (χ0v) is 20.7. The maximum atomic E-state index is 12.7. The number of ketones is 1. The Morgan fingerprint density at radius 1 is 1.11 bits per heavy atom. The van der Waals surface area contributed by atoms with Crippen molar-refractivity contribution in [3.8, 4) is 16.9 Å². The number of carbonyl (C=O) groups excluding carboxylic acids is 2. The maximum Gasteiger partial charge on any atom is 0.248 e. The van der Waals surface area contributed by atoms with Gasteiger partial charge >= 0.3 is 0 Å². The van der Waals surface area contributed by atoms with Crippen LogP contribution in [0.1, 0.15) is 60.1 Å². The third-order valence-corrected chi connectivity index (χ3v) is 7.61. The molecule has 1 unspecified atom stereocenters. The van der Waals surface area contributed by atoms with Gasteiger partial charge in [0.2, 0.25) is 5.91 Å². The summed E-state index contributed by atoms with van der Waals surface area (Å²) >= 11 is 0. The van der Waals surface area contributed by atoms with Gasteiger partial charge in [-0.05, 0) is 57.2 Å². The largest absolute Gasteiger partial charge is 0.387 e. The van der Waals surface area contributed by atoms with Crippen molar-refractivity contribution in [2.75, 3.05) is 12.3 Å².